The average Bonchev–Trinajstić information content (AvgIpc) is 3.54. The van der Waals surface area contributed by atoms with Crippen molar-refractivity contribution in [3.8, 4) is 11.8 Å². The lowest BCUT2D eigenvalue weighted by Crippen LogP contribution is -2.38. The van der Waals surface area contributed by atoms with Gasteiger partial charge in [-0.3, -0.25) is 4.99 Å². The average molecular weight is 380 g/mol. The maximum atomic E-state index is 14.3. The molecule has 0 amide bonds. The van der Waals surface area contributed by atoms with Gasteiger partial charge in [-0.05, 0) is 61.1 Å². The summed E-state index contributed by atoms with van der Waals surface area (Å²) >= 11 is 0. The van der Waals surface area contributed by atoms with Gasteiger partial charge in [-0.1, -0.05) is 18.2 Å². The first-order valence-electron chi connectivity index (χ1n) is 9.47. The van der Waals surface area contributed by atoms with Gasteiger partial charge in [0.2, 0.25) is 0 Å². The molecule has 0 radical (unpaired) electrons. The molecule has 0 saturated heterocycles. The van der Waals surface area contributed by atoms with E-state index >= 15 is 0 Å². The van der Waals surface area contributed by atoms with Gasteiger partial charge in [-0.2, -0.15) is 5.26 Å². The molecule has 0 aliphatic heterocycles. The molecule has 1 atom stereocenters. The van der Waals surface area contributed by atoms with Crippen LogP contribution in [0.5, 0.6) is 5.75 Å². The third-order valence-corrected chi connectivity index (χ3v) is 4.75. The van der Waals surface area contributed by atoms with Crippen LogP contribution in [0.25, 0.3) is 0 Å². The van der Waals surface area contributed by atoms with Gasteiger partial charge in [0, 0.05) is 13.6 Å². The number of nitriles is 1. The van der Waals surface area contributed by atoms with Crippen molar-refractivity contribution in [2.75, 3.05) is 13.7 Å². The Bertz CT molecular complexity index is 869. The van der Waals surface area contributed by atoms with E-state index in [-0.39, 0.29) is 11.9 Å². The smallest absolute Gasteiger partial charge is 0.191 e. The number of hydrogen-bond donors (Lipinski definition) is 2. The first kappa shape index (κ1) is 19.7. The van der Waals surface area contributed by atoms with E-state index in [1.165, 1.54) is 18.9 Å². The highest BCUT2D eigenvalue weighted by atomic mass is 19.1. The Balaban J connectivity index is 1.54. The van der Waals surface area contributed by atoms with Gasteiger partial charge < -0.3 is 15.4 Å². The number of halogens is 1. The first-order chi connectivity index (χ1) is 13.6. The number of benzene rings is 2. The molecule has 0 aromatic heterocycles. The van der Waals surface area contributed by atoms with Gasteiger partial charge in [-0.25, -0.2) is 4.39 Å². The molecule has 2 aromatic rings. The third-order valence-electron chi connectivity index (χ3n) is 4.75. The molecule has 1 aliphatic carbocycles. The molecule has 1 unspecified atom stereocenters. The number of ether oxygens (including phenoxy) is 1. The van der Waals surface area contributed by atoms with E-state index < -0.39 is 0 Å². The SMILES string of the molecule is CN=C(NCc1ccc(C#N)cc1)NC(C)c1ccc(OCC2CC2)c(F)c1. The number of rotatable bonds is 7. The number of nitrogens with zero attached hydrogens (tertiary/aromatic N) is 2. The largest absolute Gasteiger partial charge is 0.490 e. The first-order valence-corrected chi connectivity index (χ1v) is 9.47. The monoisotopic (exact) mass is 380 g/mol. The second kappa shape index (κ2) is 9.23. The highest BCUT2D eigenvalue weighted by Crippen LogP contribution is 2.30. The normalized spacial score (nSPS) is 14.9. The van der Waals surface area contributed by atoms with Gasteiger partial charge in [0.05, 0.1) is 24.3 Å². The van der Waals surface area contributed by atoms with Gasteiger partial charge >= 0.3 is 0 Å². The third kappa shape index (κ3) is 5.46. The summed E-state index contributed by atoms with van der Waals surface area (Å²) < 4.78 is 19.9. The lowest BCUT2D eigenvalue weighted by Gasteiger charge is -2.19. The number of nitrogens with one attached hydrogen (secondary N) is 2. The van der Waals surface area contributed by atoms with E-state index in [1.54, 1.807) is 25.2 Å². The summed E-state index contributed by atoms with van der Waals surface area (Å²) in [6.45, 7) is 3.12. The molecule has 0 spiro atoms. The zero-order valence-corrected chi connectivity index (χ0v) is 16.2. The van der Waals surface area contributed by atoms with E-state index in [2.05, 4.69) is 21.7 Å². The van der Waals surface area contributed by atoms with Crippen LogP contribution < -0.4 is 15.4 Å². The summed E-state index contributed by atoms with van der Waals surface area (Å²) in [6, 6.07) is 14.4. The minimum Gasteiger partial charge on any atom is -0.490 e. The van der Waals surface area contributed by atoms with E-state index in [0.717, 1.165) is 11.1 Å². The van der Waals surface area contributed by atoms with Crippen LogP contribution in [0.1, 0.15) is 42.5 Å². The second-order valence-corrected chi connectivity index (χ2v) is 7.04. The minimum atomic E-state index is -0.340. The molecule has 0 bridgehead atoms. The molecule has 6 heteroatoms. The van der Waals surface area contributed by atoms with Gasteiger partial charge in [-0.15, -0.1) is 0 Å². The zero-order chi connectivity index (χ0) is 19.9. The van der Waals surface area contributed by atoms with Crippen LogP contribution in [0.3, 0.4) is 0 Å². The molecule has 1 fully saturated rings. The quantitative estimate of drug-likeness (QED) is 0.564. The fourth-order valence-electron chi connectivity index (χ4n) is 2.76. The number of aliphatic imine (C=N–C) groups is 1. The topological polar surface area (TPSA) is 69.4 Å². The predicted octanol–water partition coefficient (Wildman–Crippen LogP) is 3.91. The molecule has 2 N–H and O–H groups in total. The fourth-order valence-corrected chi connectivity index (χ4v) is 2.76. The van der Waals surface area contributed by atoms with Crippen molar-refractivity contribution >= 4 is 5.96 Å². The summed E-state index contributed by atoms with van der Waals surface area (Å²) in [5, 5.41) is 15.3. The molecule has 1 saturated carbocycles. The lowest BCUT2D eigenvalue weighted by molar-refractivity contribution is 0.285. The van der Waals surface area contributed by atoms with E-state index in [1.807, 2.05) is 25.1 Å². The maximum Gasteiger partial charge on any atom is 0.191 e. The summed E-state index contributed by atoms with van der Waals surface area (Å²) in [6.07, 6.45) is 2.35. The number of guanidine groups is 1. The Hall–Kier alpha value is -3.07. The van der Waals surface area contributed by atoms with Crippen molar-refractivity contribution in [2.24, 2.45) is 10.9 Å². The van der Waals surface area contributed by atoms with Crippen molar-refractivity contribution < 1.29 is 9.13 Å². The molecule has 146 valence electrons. The maximum absolute atomic E-state index is 14.3. The highest BCUT2D eigenvalue weighted by Gasteiger charge is 2.22. The Morgan fingerprint density at radius 3 is 2.64 bits per heavy atom. The van der Waals surface area contributed by atoms with Crippen molar-refractivity contribution in [2.45, 2.75) is 32.4 Å². The Morgan fingerprint density at radius 2 is 2.04 bits per heavy atom. The summed E-state index contributed by atoms with van der Waals surface area (Å²) in [5.41, 5.74) is 2.49. The number of hydrogen-bond acceptors (Lipinski definition) is 3. The summed E-state index contributed by atoms with van der Waals surface area (Å²) in [4.78, 5) is 4.22. The van der Waals surface area contributed by atoms with Crippen LogP contribution in [0.15, 0.2) is 47.5 Å². The molecular formula is C22H25FN4O. The van der Waals surface area contributed by atoms with Crippen molar-refractivity contribution in [1.29, 1.82) is 5.26 Å². The second-order valence-electron chi connectivity index (χ2n) is 7.04. The lowest BCUT2D eigenvalue weighted by atomic mass is 10.1. The zero-order valence-electron chi connectivity index (χ0n) is 16.2. The highest BCUT2D eigenvalue weighted by molar-refractivity contribution is 5.80. The van der Waals surface area contributed by atoms with Crippen LogP contribution in [0, 0.1) is 23.1 Å². The van der Waals surface area contributed by atoms with Crippen molar-refractivity contribution in [1.82, 2.24) is 10.6 Å². The van der Waals surface area contributed by atoms with Crippen molar-refractivity contribution in [3.05, 3.63) is 65.0 Å². The molecule has 2 aromatic carbocycles. The molecule has 1 aliphatic rings. The van der Waals surface area contributed by atoms with Crippen molar-refractivity contribution in [3.63, 3.8) is 0 Å². The molecular weight excluding hydrogens is 355 g/mol. The fraction of sp³-hybridized carbons (Fsp3) is 0.364. The van der Waals surface area contributed by atoms with Crippen LogP contribution >= 0.6 is 0 Å². The van der Waals surface area contributed by atoms with Crippen LogP contribution in [-0.2, 0) is 6.54 Å². The molecule has 5 nitrogen and oxygen atoms in total. The Morgan fingerprint density at radius 1 is 1.29 bits per heavy atom. The predicted molar refractivity (Wildman–Crippen MR) is 108 cm³/mol. The standard InChI is InChI=1S/C22H25FN4O/c1-15(19-9-10-21(20(23)11-19)28-14-18-7-8-18)27-22(25-2)26-13-17-5-3-16(12-24)4-6-17/h3-6,9-11,15,18H,7-8,13-14H2,1-2H3,(H2,25,26,27). The van der Waals surface area contributed by atoms with Crippen LogP contribution in [0.2, 0.25) is 0 Å². The van der Waals surface area contributed by atoms with E-state index in [4.69, 9.17) is 10.00 Å². The van der Waals surface area contributed by atoms with E-state index in [9.17, 15) is 4.39 Å². The van der Waals surface area contributed by atoms with Gasteiger partial charge in [0.1, 0.15) is 0 Å². The van der Waals surface area contributed by atoms with Gasteiger partial charge in [0.15, 0.2) is 17.5 Å². The summed E-state index contributed by atoms with van der Waals surface area (Å²) in [5.74, 6) is 1.18. The summed E-state index contributed by atoms with van der Waals surface area (Å²) in [7, 11) is 1.69. The van der Waals surface area contributed by atoms with E-state index in [0.29, 0.717) is 36.3 Å². The molecule has 0 heterocycles. The minimum absolute atomic E-state index is 0.126. The Labute approximate surface area is 165 Å². The van der Waals surface area contributed by atoms with Gasteiger partial charge in [0.25, 0.3) is 0 Å². The Kier molecular flexibility index (Phi) is 6.49. The molecule has 28 heavy (non-hydrogen) atoms. The van der Waals surface area contributed by atoms with Crippen LogP contribution in [0.4, 0.5) is 4.39 Å². The van der Waals surface area contributed by atoms with Crippen LogP contribution in [-0.4, -0.2) is 19.6 Å². The molecule has 3 rings (SSSR count).